The Morgan fingerprint density at radius 3 is 2.38 bits per heavy atom. The van der Waals surface area contributed by atoms with Crippen molar-refractivity contribution in [3.8, 4) is 0 Å². The van der Waals surface area contributed by atoms with Gasteiger partial charge in [0.1, 0.15) is 11.2 Å². The number of benzene rings is 2. The Morgan fingerprint density at radius 2 is 1.71 bits per heavy atom. The minimum absolute atomic E-state index is 0.324. The van der Waals surface area contributed by atoms with Gasteiger partial charge in [0.25, 0.3) is 0 Å². The first kappa shape index (κ1) is 17.7. The summed E-state index contributed by atoms with van der Waals surface area (Å²) in [6.07, 6.45) is 0.689. The lowest BCUT2D eigenvalue weighted by Crippen LogP contribution is -2.45. The summed E-state index contributed by atoms with van der Waals surface area (Å²) in [5.74, 6) is -1.30. The van der Waals surface area contributed by atoms with Crippen LogP contribution < -0.4 is 10.6 Å². The largest absolute Gasteiger partial charge is 0.355 e. The third-order valence-corrected chi connectivity index (χ3v) is 3.76. The van der Waals surface area contributed by atoms with Crippen LogP contribution in [0.3, 0.4) is 0 Å². The summed E-state index contributed by atoms with van der Waals surface area (Å²) in [4.78, 5) is 24.6. The summed E-state index contributed by atoms with van der Waals surface area (Å²) in [5.41, 5.74) is 0.174. The average Bonchev–Trinajstić information content (AvgIpc) is 2.55. The fourth-order valence-electron chi connectivity index (χ4n) is 2.14. The number of hydrogen-bond donors (Lipinski definition) is 2. The van der Waals surface area contributed by atoms with Crippen molar-refractivity contribution in [1.82, 2.24) is 5.32 Å². The van der Waals surface area contributed by atoms with Crippen molar-refractivity contribution < 1.29 is 14.0 Å². The van der Waals surface area contributed by atoms with Crippen LogP contribution in [0, 0.1) is 11.2 Å². The van der Waals surface area contributed by atoms with Crippen molar-refractivity contribution in [2.75, 3.05) is 11.9 Å². The quantitative estimate of drug-likeness (QED) is 0.800. The highest BCUT2D eigenvalue weighted by Gasteiger charge is 2.35. The number of carbonyl (C=O) groups excluding carboxylic acids is 2. The van der Waals surface area contributed by atoms with Gasteiger partial charge in [0.05, 0.1) is 0 Å². The van der Waals surface area contributed by atoms with Crippen LogP contribution in [0.4, 0.5) is 10.1 Å². The second-order valence-electron chi connectivity index (χ2n) is 6.08. The standard InChI is InChI=1S/C19H21FN2O2/c1-19(2,18(24)22-16-10-6-9-15(20)13-16)17(23)21-12-11-14-7-4-3-5-8-14/h3-10,13H,11-12H2,1-2H3,(H,21,23)(H,22,24). The lowest BCUT2D eigenvalue weighted by atomic mass is 9.91. The molecular formula is C19H21FN2O2. The highest BCUT2D eigenvalue weighted by atomic mass is 19.1. The second-order valence-corrected chi connectivity index (χ2v) is 6.08. The molecule has 2 N–H and O–H groups in total. The Morgan fingerprint density at radius 1 is 1.00 bits per heavy atom. The number of anilines is 1. The predicted molar refractivity (Wildman–Crippen MR) is 92.0 cm³/mol. The van der Waals surface area contributed by atoms with Crippen LogP contribution in [0.2, 0.25) is 0 Å². The zero-order chi connectivity index (χ0) is 17.6. The lowest BCUT2D eigenvalue weighted by Gasteiger charge is -2.22. The summed E-state index contributed by atoms with van der Waals surface area (Å²) in [6.45, 7) is 3.53. The molecule has 0 aromatic heterocycles. The van der Waals surface area contributed by atoms with Gasteiger partial charge in [-0.25, -0.2) is 4.39 Å². The number of hydrogen-bond acceptors (Lipinski definition) is 2. The number of nitrogens with one attached hydrogen (secondary N) is 2. The van der Waals surface area contributed by atoms with E-state index in [1.807, 2.05) is 30.3 Å². The lowest BCUT2D eigenvalue weighted by molar-refractivity contribution is -0.138. The van der Waals surface area contributed by atoms with E-state index in [-0.39, 0.29) is 5.91 Å². The summed E-state index contributed by atoms with van der Waals surface area (Å²) >= 11 is 0. The average molecular weight is 328 g/mol. The Bertz CT molecular complexity index is 714. The van der Waals surface area contributed by atoms with Crippen molar-refractivity contribution in [2.45, 2.75) is 20.3 Å². The number of halogens is 1. The zero-order valence-electron chi connectivity index (χ0n) is 13.8. The van der Waals surface area contributed by atoms with Gasteiger partial charge in [-0.1, -0.05) is 36.4 Å². The number of rotatable bonds is 6. The van der Waals surface area contributed by atoms with Crippen molar-refractivity contribution in [1.29, 1.82) is 0 Å². The zero-order valence-corrected chi connectivity index (χ0v) is 13.8. The molecule has 0 atom stereocenters. The van der Waals surface area contributed by atoms with Crippen LogP contribution in [-0.4, -0.2) is 18.4 Å². The monoisotopic (exact) mass is 328 g/mol. The number of carbonyl (C=O) groups is 2. The van der Waals surface area contributed by atoms with E-state index >= 15 is 0 Å². The SMILES string of the molecule is CC(C)(C(=O)NCCc1ccccc1)C(=O)Nc1cccc(F)c1. The fourth-order valence-corrected chi connectivity index (χ4v) is 2.14. The van der Waals surface area contributed by atoms with Crippen molar-refractivity contribution >= 4 is 17.5 Å². The Kier molecular flexibility index (Phi) is 5.68. The molecular weight excluding hydrogens is 307 g/mol. The van der Waals surface area contributed by atoms with Crippen molar-refractivity contribution in [3.63, 3.8) is 0 Å². The molecule has 0 aliphatic heterocycles. The summed E-state index contributed by atoms with van der Waals surface area (Å²) in [6, 6.07) is 15.3. The Labute approximate surface area is 141 Å². The molecule has 0 saturated carbocycles. The topological polar surface area (TPSA) is 58.2 Å². The van der Waals surface area contributed by atoms with Gasteiger partial charge in [0.2, 0.25) is 11.8 Å². The molecule has 2 amide bonds. The minimum atomic E-state index is -1.26. The van der Waals surface area contributed by atoms with Gasteiger partial charge < -0.3 is 10.6 Å². The van der Waals surface area contributed by atoms with E-state index in [0.29, 0.717) is 18.7 Å². The van der Waals surface area contributed by atoms with E-state index < -0.39 is 17.1 Å². The van der Waals surface area contributed by atoms with Crippen LogP contribution in [-0.2, 0) is 16.0 Å². The van der Waals surface area contributed by atoms with Gasteiger partial charge in [0.15, 0.2) is 0 Å². The molecule has 0 spiro atoms. The van der Waals surface area contributed by atoms with Gasteiger partial charge in [-0.3, -0.25) is 9.59 Å². The maximum absolute atomic E-state index is 13.2. The van der Waals surface area contributed by atoms with Gasteiger partial charge in [-0.05, 0) is 44.0 Å². The van der Waals surface area contributed by atoms with E-state index in [9.17, 15) is 14.0 Å². The minimum Gasteiger partial charge on any atom is -0.355 e. The highest BCUT2D eigenvalue weighted by molar-refractivity contribution is 6.09. The van der Waals surface area contributed by atoms with Crippen molar-refractivity contribution in [3.05, 3.63) is 66.0 Å². The molecule has 24 heavy (non-hydrogen) atoms. The third-order valence-electron chi connectivity index (χ3n) is 3.76. The van der Waals surface area contributed by atoms with Crippen molar-refractivity contribution in [2.24, 2.45) is 5.41 Å². The normalized spacial score (nSPS) is 11.0. The molecule has 0 heterocycles. The third kappa shape index (κ3) is 4.65. The van der Waals surface area contributed by atoms with Crippen LogP contribution >= 0.6 is 0 Å². The van der Waals surface area contributed by atoms with Crippen LogP contribution in [0.25, 0.3) is 0 Å². The van der Waals surface area contributed by atoms with E-state index in [0.717, 1.165) is 5.56 Å². The fraction of sp³-hybridized carbons (Fsp3) is 0.263. The molecule has 126 valence electrons. The van der Waals surface area contributed by atoms with Gasteiger partial charge in [-0.15, -0.1) is 0 Å². The molecule has 0 aliphatic rings. The predicted octanol–water partition coefficient (Wildman–Crippen LogP) is 3.15. The smallest absolute Gasteiger partial charge is 0.239 e. The molecule has 0 fully saturated rings. The molecule has 0 radical (unpaired) electrons. The van der Waals surface area contributed by atoms with Gasteiger partial charge >= 0.3 is 0 Å². The maximum atomic E-state index is 13.2. The van der Waals surface area contributed by atoms with Gasteiger partial charge in [0, 0.05) is 12.2 Å². The molecule has 0 unspecified atom stereocenters. The Balaban J connectivity index is 1.90. The van der Waals surface area contributed by atoms with Crippen LogP contribution in [0.1, 0.15) is 19.4 Å². The van der Waals surface area contributed by atoms with Crippen LogP contribution in [0.15, 0.2) is 54.6 Å². The molecule has 0 bridgehead atoms. The summed E-state index contributed by atoms with van der Waals surface area (Å²) in [5, 5.41) is 5.35. The first-order chi connectivity index (χ1) is 11.4. The van der Waals surface area contributed by atoms with Gasteiger partial charge in [-0.2, -0.15) is 0 Å². The molecule has 0 saturated heterocycles. The molecule has 4 nitrogen and oxygen atoms in total. The first-order valence-electron chi connectivity index (χ1n) is 7.79. The van der Waals surface area contributed by atoms with Crippen LogP contribution in [0.5, 0.6) is 0 Å². The molecule has 5 heteroatoms. The summed E-state index contributed by atoms with van der Waals surface area (Å²) in [7, 11) is 0. The highest BCUT2D eigenvalue weighted by Crippen LogP contribution is 2.19. The Hall–Kier alpha value is -2.69. The van der Waals surface area contributed by atoms with E-state index in [1.54, 1.807) is 19.9 Å². The molecule has 2 aromatic rings. The number of amides is 2. The second kappa shape index (κ2) is 7.73. The maximum Gasteiger partial charge on any atom is 0.239 e. The first-order valence-corrected chi connectivity index (χ1v) is 7.79. The van der Waals surface area contributed by atoms with E-state index in [2.05, 4.69) is 10.6 Å². The molecule has 2 rings (SSSR count). The van der Waals surface area contributed by atoms with E-state index in [4.69, 9.17) is 0 Å². The van der Waals surface area contributed by atoms with E-state index in [1.165, 1.54) is 18.2 Å². The molecule has 2 aromatic carbocycles. The molecule has 0 aliphatic carbocycles. The summed E-state index contributed by atoms with van der Waals surface area (Å²) < 4.78 is 13.2.